The molecule has 1 aliphatic heterocycles. The van der Waals surface area contributed by atoms with Gasteiger partial charge < -0.3 is 18.9 Å². The van der Waals surface area contributed by atoms with E-state index in [4.69, 9.17) is 9.47 Å². The summed E-state index contributed by atoms with van der Waals surface area (Å²) in [5.41, 5.74) is 1.80. The molecule has 0 N–H and O–H groups in total. The molecule has 134 valence electrons. The zero-order valence-corrected chi connectivity index (χ0v) is 15.1. The molecule has 1 unspecified atom stereocenters. The van der Waals surface area contributed by atoms with Crippen molar-refractivity contribution in [2.45, 2.75) is 32.4 Å². The summed E-state index contributed by atoms with van der Waals surface area (Å²) < 4.78 is 12.6. The van der Waals surface area contributed by atoms with Gasteiger partial charge in [0.15, 0.2) is 0 Å². The van der Waals surface area contributed by atoms with Gasteiger partial charge in [0.25, 0.3) is 5.91 Å². The molecule has 3 rings (SSSR count). The van der Waals surface area contributed by atoms with Crippen LogP contribution >= 0.6 is 0 Å². The Labute approximate surface area is 148 Å². The van der Waals surface area contributed by atoms with Crippen molar-refractivity contribution >= 4 is 5.91 Å². The summed E-state index contributed by atoms with van der Waals surface area (Å²) in [4.78, 5) is 19.2. The van der Waals surface area contributed by atoms with E-state index in [1.807, 2.05) is 35.4 Å². The first kappa shape index (κ1) is 17.5. The van der Waals surface area contributed by atoms with Crippen molar-refractivity contribution in [3.8, 4) is 5.75 Å². The molecule has 1 aromatic heterocycles. The second-order valence-corrected chi connectivity index (χ2v) is 6.39. The molecule has 25 heavy (non-hydrogen) atoms. The number of benzene rings is 1. The van der Waals surface area contributed by atoms with E-state index in [9.17, 15) is 4.79 Å². The first-order chi connectivity index (χ1) is 12.1. The zero-order chi connectivity index (χ0) is 17.8. The van der Waals surface area contributed by atoms with Crippen LogP contribution in [0.4, 0.5) is 0 Å². The number of likely N-dealkylation sites (tertiary alicyclic amines) is 1. The fraction of sp³-hybridized carbons (Fsp3) is 0.474. The molecule has 1 fully saturated rings. The summed E-state index contributed by atoms with van der Waals surface area (Å²) in [5.74, 6) is 1.74. The lowest BCUT2D eigenvalue weighted by molar-refractivity contribution is 0.0672. The minimum absolute atomic E-state index is 0.0680. The Morgan fingerprint density at radius 1 is 1.28 bits per heavy atom. The lowest BCUT2D eigenvalue weighted by Gasteiger charge is -2.34. The molecule has 1 atom stereocenters. The van der Waals surface area contributed by atoms with Crippen molar-refractivity contribution in [1.82, 2.24) is 14.5 Å². The molecule has 1 aromatic carbocycles. The molecule has 1 saturated heterocycles. The molecular formula is C19H25N3O3. The number of methoxy groups -OCH3 is 2. The van der Waals surface area contributed by atoms with Crippen molar-refractivity contribution in [1.29, 1.82) is 0 Å². The number of ether oxygens (including phenoxy) is 2. The highest BCUT2D eigenvalue weighted by atomic mass is 16.5. The standard InChI is InChI=1S/C19H25N3O3/c1-14-11-20-18(13-24-2)22(14)16-5-4-10-21(12-16)19(23)15-6-8-17(25-3)9-7-15/h6-9,11,16H,4-5,10,12-13H2,1-3H3. The Kier molecular flexibility index (Phi) is 5.38. The molecule has 6 heteroatoms. The highest BCUT2D eigenvalue weighted by Gasteiger charge is 2.27. The smallest absolute Gasteiger partial charge is 0.253 e. The predicted molar refractivity (Wildman–Crippen MR) is 94.8 cm³/mol. The van der Waals surface area contributed by atoms with Crippen molar-refractivity contribution in [2.75, 3.05) is 27.3 Å². The summed E-state index contributed by atoms with van der Waals surface area (Å²) >= 11 is 0. The molecule has 0 radical (unpaired) electrons. The van der Waals surface area contributed by atoms with E-state index in [2.05, 4.69) is 16.5 Å². The molecule has 0 bridgehead atoms. The van der Waals surface area contributed by atoms with Crippen LogP contribution in [-0.4, -0.2) is 47.7 Å². The topological polar surface area (TPSA) is 56.6 Å². The number of aryl methyl sites for hydroxylation is 1. The number of amides is 1. The van der Waals surface area contributed by atoms with Crippen LogP contribution in [0.3, 0.4) is 0 Å². The first-order valence-corrected chi connectivity index (χ1v) is 8.59. The molecular weight excluding hydrogens is 318 g/mol. The average Bonchev–Trinajstić information content (AvgIpc) is 3.02. The maximum Gasteiger partial charge on any atom is 0.253 e. The van der Waals surface area contributed by atoms with Gasteiger partial charge in [-0.3, -0.25) is 4.79 Å². The van der Waals surface area contributed by atoms with E-state index in [0.29, 0.717) is 18.7 Å². The number of hydrogen-bond donors (Lipinski definition) is 0. The third-order valence-corrected chi connectivity index (χ3v) is 4.72. The lowest BCUT2D eigenvalue weighted by Crippen LogP contribution is -2.41. The number of carbonyl (C=O) groups excluding carboxylic acids is 1. The third kappa shape index (κ3) is 3.69. The quantitative estimate of drug-likeness (QED) is 0.838. The van der Waals surface area contributed by atoms with Gasteiger partial charge in [0.2, 0.25) is 0 Å². The highest BCUT2D eigenvalue weighted by molar-refractivity contribution is 5.94. The third-order valence-electron chi connectivity index (χ3n) is 4.72. The number of rotatable bonds is 5. The van der Waals surface area contributed by atoms with Crippen LogP contribution in [0.15, 0.2) is 30.5 Å². The Bertz CT molecular complexity index is 724. The van der Waals surface area contributed by atoms with Crippen LogP contribution in [0.1, 0.15) is 40.8 Å². The second-order valence-electron chi connectivity index (χ2n) is 6.39. The van der Waals surface area contributed by atoms with E-state index in [0.717, 1.165) is 36.7 Å². The number of imidazole rings is 1. The summed E-state index contributed by atoms with van der Waals surface area (Å²) in [6.45, 7) is 4.01. The van der Waals surface area contributed by atoms with Crippen LogP contribution in [0.5, 0.6) is 5.75 Å². The monoisotopic (exact) mass is 343 g/mol. The molecule has 1 amide bonds. The van der Waals surface area contributed by atoms with Crippen molar-refractivity contribution < 1.29 is 14.3 Å². The number of carbonyl (C=O) groups is 1. The molecule has 1 aliphatic rings. The molecule has 2 heterocycles. The van der Waals surface area contributed by atoms with Gasteiger partial charge in [-0.05, 0) is 44.0 Å². The van der Waals surface area contributed by atoms with Crippen molar-refractivity contribution in [3.63, 3.8) is 0 Å². The molecule has 2 aromatic rings. The molecule has 0 spiro atoms. The van der Waals surface area contributed by atoms with Gasteiger partial charge in [-0.15, -0.1) is 0 Å². The Morgan fingerprint density at radius 3 is 2.72 bits per heavy atom. The van der Waals surface area contributed by atoms with Gasteiger partial charge in [-0.2, -0.15) is 0 Å². The van der Waals surface area contributed by atoms with Gasteiger partial charge in [0.1, 0.15) is 18.2 Å². The van der Waals surface area contributed by atoms with Crippen LogP contribution in [0.2, 0.25) is 0 Å². The number of piperidine rings is 1. The van der Waals surface area contributed by atoms with Gasteiger partial charge in [0.05, 0.1) is 13.2 Å². The maximum absolute atomic E-state index is 12.8. The van der Waals surface area contributed by atoms with Crippen LogP contribution < -0.4 is 4.74 Å². The molecule has 0 saturated carbocycles. The Hall–Kier alpha value is -2.34. The first-order valence-electron chi connectivity index (χ1n) is 8.59. The fourth-order valence-corrected chi connectivity index (χ4v) is 3.50. The highest BCUT2D eigenvalue weighted by Crippen LogP contribution is 2.26. The lowest BCUT2D eigenvalue weighted by atomic mass is 10.0. The maximum atomic E-state index is 12.8. The van der Waals surface area contributed by atoms with E-state index in [1.54, 1.807) is 14.2 Å². The summed E-state index contributed by atoms with van der Waals surface area (Å²) in [6.07, 6.45) is 3.90. The van der Waals surface area contributed by atoms with Gasteiger partial charge in [-0.1, -0.05) is 0 Å². The summed E-state index contributed by atoms with van der Waals surface area (Å²) in [6, 6.07) is 7.54. The zero-order valence-electron chi connectivity index (χ0n) is 15.1. The SMILES string of the molecule is COCc1ncc(C)n1C1CCCN(C(=O)c2ccc(OC)cc2)C1. The Balaban J connectivity index is 1.76. The number of aromatic nitrogens is 2. The second kappa shape index (κ2) is 7.70. The van der Waals surface area contributed by atoms with Crippen LogP contribution in [0, 0.1) is 6.92 Å². The number of nitrogens with zero attached hydrogens (tertiary/aromatic N) is 3. The fourth-order valence-electron chi connectivity index (χ4n) is 3.50. The van der Waals surface area contributed by atoms with Crippen molar-refractivity contribution in [2.24, 2.45) is 0 Å². The summed E-state index contributed by atoms with van der Waals surface area (Å²) in [5, 5.41) is 0. The normalized spacial score (nSPS) is 17.6. The average molecular weight is 343 g/mol. The molecule has 6 nitrogen and oxygen atoms in total. The van der Waals surface area contributed by atoms with Crippen LogP contribution in [0.25, 0.3) is 0 Å². The summed E-state index contributed by atoms with van der Waals surface area (Å²) in [7, 11) is 3.30. The van der Waals surface area contributed by atoms with Crippen LogP contribution in [-0.2, 0) is 11.3 Å². The van der Waals surface area contributed by atoms with E-state index in [-0.39, 0.29) is 11.9 Å². The van der Waals surface area contributed by atoms with Gasteiger partial charge in [-0.25, -0.2) is 4.98 Å². The van der Waals surface area contributed by atoms with Gasteiger partial charge in [0, 0.05) is 37.7 Å². The van der Waals surface area contributed by atoms with E-state index >= 15 is 0 Å². The largest absolute Gasteiger partial charge is 0.497 e. The predicted octanol–water partition coefficient (Wildman–Crippen LogP) is 2.82. The van der Waals surface area contributed by atoms with E-state index < -0.39 is 0 Å². The minimum atomic E-state index is 0.0680. The Morgan fingerprint density at radius 2 is 2.04 bits per heavy atom. The van der Waals surface area contributed by atoms with Gasteiger partial charge >= 0.3 is 0 Å². The van der Waals surface area contributed by atoms with E-state index in [1.165, 1.54) is 0 Å². The van der Waals surface area contributed by atoms with Crippen molar-refractivity contribution in [3.05, 3.63) is 47.5 Å². The molecule has 0 aliphatic carbocycles. The minimum Gasteiger partial charge on any atom is -0.497 e. The number of hydrogen-bond acceptors (Lipinski definition) is 4.